The first-order valence-electron chi connectivity index (χ1n) is 8.98. The number of benzene rings is 2. The van der Waals surface area contributed by atoms with Crippen molar-refractivity contribution in [2.75, 3.05) is 20.3 Å². The van der Waals surface area contributed by atoms with Gasteiger partial charge in [0.1, 0.15) is 6.61 Å². The molecule has 0 saturated heterocycles. The number of nitrogens with one attached hydrogen (secondary N) is 1. The minimum Gasteiger partial charge on any atom is -0.487 e. The fraction of sp³-hybridized carbons (Fsp3) is 0.381. The molecule has 2 aromatic carbocycles. The Balaban J connectivity index is 2.01. The molecule has 1 aliphatic rings. The van der Waals surface area contributed by atoms with Crippen molar-refractivity contribution in [2.24, 2.45) is 0 Å². The lowest BCUT2D eigenvalue weighted by Gasteiger charge is -2.29. The Morgan fingerprint density at radius 1 is 1.15 bits per heavy atom. The number of carbonyl (C=O) groups is 1. The molecule has 5 nitrogen and oxygen atoms in total. The predicted octanol–water partition coefficient (Wildman–Crippen LogP) is 3.91. The fourth-order valence-electron chi connectivity index (χ4n) is 3.11. The SMILES string of the molecule is COCCOc1cc2c(cc1OC(C)C)C(c1ccc(Cl)cc1)NC(=O)C2. The van der Waals surface area contributed by atoms with Gasteiger partial charge in [0, 0.05) is 12.1 Å². The molecule has 0 spiro atoms. The quantitative estimate of drug-likeness (QED) is 0.729. The molecule has 3 rings (SSSR count). The van der Waals surface area contributed by atoms with E-state index in [-0.39, 0.29) is 18.1 Å². The van der Waals surface area contributed by atoms with E-state index in [1.54, 1.807) is 7.11 Å². The van der Waals surface area contributed by atoms with Crippen LogP contribution in [0.3, 0.4) is 0 Å². The molecule has 1 aliphatic heterocycles. The second-order valence-corrected chi connectivity index (χ2v) is 7.17. The summed E-state index contributed by atoms with van der Waals surface area (Å²) in [5.74, 6) is 1.27. The Labute approximate surface area is 164 Å². The van der Waals surface area contributed by atoms with Gasteiger partial charge in [0.25, 0.3) is 0 Å². The molecule has 0 saturated carbocycles. The van der Waals surface area contributed by atoms with E-state index in [1.807, 2.05) is 50.2 Å². The van der Waals surface area contributed by atoms with Crippen molar-refractivity contribution in [2.45, 2.75) is 32.4 Å². The average Bonchev–Trinajstić information content (AvgIpc) is 2.62. The highest BCUT2D eigenvalue weighted by atomic mass is 35.5. The highest BCUT2D eigenvalue weighted by Gasteiger charge is 2.28. The molecule has 0 radical (unpaired) electrons. The van der Waals surface area contributed by atoms with E-state index in [1.165, 1.54) is 0 Å². The van der Waals surface area contributed by atoms with Crippen LogP contribution in [0.2, 0.25) is 5.02 Å². The van der Waals surface area contributed by atoms with Gasteiger partial charge in [0.05, 0.1) is 25.2 Å². The minimum atomic E-state index is -0.249. The smallest absolute Gasteiger partial charge is 0.225 e. The first kappa shape index (κ1) is 19.5. The van der Waals surface area contributed by atoms with Gasteiger partial charge in [0.15, 0.2) is 11.5 Å². The fourth-order valence-corrected chi connectivity index (χ4v) is 3.24. The second kappa shape index (κ2) is 8.63. The van der Waals surface area contributed by atoms with Gasteiger partial charge in [-0.05, 0) is 54.8 Å². The molecule has 0 aromatic heterocycles. The Morgan fingerprint density at radius 3 is 2.56 bits per heavy atom. The summed E-state index contributed by atoms with van der Waals surface area (Å²) < 4.78 is 16.9. The van der Waals surface area contributed by atoms with Crippen LogP contribution in [-0.2, 0) is 16.0 Å². The molecule has 0 fully saturated rings. The first-order valence-corrected chi connectivity index (χ1v) is 9.35. The number of halogens is 1. The lowest BCUT2D eigenvalue weighted by Crippen LogP contribution is -2.36. The van der Waals surface area contributed by atoms with Crippen LogP contribution in [0.25, 0.3) is 0 Å². The molecular formula is C21H24ClNO4. The van der Waals surface area contributed by atoms with E-state index in [2.05, 4.69) is 5.32 Å². The molecular weight excluding hydrogens is 366 g/mol. The zero-order valence-corrected chi connectivity index (χ0v) is 16.5. The number of rotatable bonds is 7. The number of amides is 1. The molecule has 1 heterocycles. The minimum absolute atomic E-state index is 0.0000104. The van der Waals surface area contributed by atoms with Gasteiger partial charge < -0.3 is 19.5 Å². The summed E-state index contributed by atoms with van der Waals surface area (Å²) in [7, 11) is 1.63. The maximum absolute atomic E-state index is 12.3. The van der Waals surface area contributed by atoms with Crippen LogP contribution in [0.4, 0.5) is 0 Å². The highest BCUT2D eigenvalue weighted by molar-refractivity contribution is 6.30. The maximum Gasteiger partial charge on any atom is 0.225 e. The molecule has 144 valence electrons. The average molecular weight is 390 g/mol. The first-order chi connectivity index (χ1) is 13.0. The van der Waals surface area contributed by atoms with Crippen LogP contribution in [0.15, 0.2) is 36.4 Å². The van der Waals surface area contributed by atoms with Crippen LogP contribution < -0.4 is 14.8 Å². The lowest BCUT2D eigenvalue weighted by molar-refractivity contribution is -0.121. The summed E-state index contributed by atoms with van der Waals surface area (Å²) in [6.45, 7) is 4.83. The number of hydrogen-bond acceptors (Lipinski definition) is 4. The zero-order chi connectivity index (χ0) is 19.4. The molecule has 2 aromatic rings. The number of hydrogen-bond donors (Lipinski definition) is 1. The highest BCUT2D eigenvalue weighted by Crippen LogP contribution is 2.38. The lowest BCUT2D eigenvalue weighted by atomic mass is 9.89. The maximum atomic E-state index is 12.3. The van der Waals surface area contributed by atoms with Gasteiger partial charge in [-0.3, -0.25) is 4.79 Å². The van der Waals surface area contributed by atoms with Crippen LogP contribution in [0, 0.1) is 0 Å². The van der Waals surface area contributed by atoms with Gasteiger partial charge >= 0.3 is 0 Å². The van der Waals surface area contributed by atoms with E-state index >= 15 is 0 Å². The number of fused-ring (bicyclic) bond motifs is 1. The molecule has 0 bridgehead atoms. The van der Waals surface area contributed by atoms with Crippen LogP contribution in [-0.4, -0.2) is 32.3 Å². The van der Waals surface area contributed by atoms with Crippen LogP contribution in [0.5, 0.6) is 11.5 Å². The third-order valence-corrected chi connectivity index (χ3v) is 4.54. The standard InChI is InChI=1S/C21H24ClNO4/c1-13(2)27-19-12-17-15(10-18(19)26-9-8-25-3)11-20(24)23-21(17)14-4-6-16(22)7-5-14/h4-7,10,12-13,21H,8-9,11H2,1-3H3,(H,23,24). The summed E-state index contributed by atoms with van der Waals surface area (Å²) in [6.07, 6.45) is 0.308. The van der Waals surface area contributed by atoms with E-state index in [0.717, 1.165) is 16.7 Å². The summed E-state index contributed by atoms with van der Waals surface area (Å²) in [5.41, 5.74) is 2.91. The molecule has 1 N–H and O–H groups in total. The van der Waals surface area contributed by atoms with Gasteiger partial charge in [-0.15, -0.1) is 0 Å². The van der Waals surface area contributed by atoms with Gasteiger partial charge in [-0.1, -0.05) is 23.7 Å². The summed E-state index contributed by atoms with van der Waals surface area (Å²) in [6, 6.07) is 11.1. The zero-order valence-electron chi connectivity index (χ0n) is 15.8. The Morgan fingerprint density at radius 2 is 1.89 bits per heavy atom. The van der Waals surface area contributed by atoms with E-state index < -0.39 is 0 Å². The van der Waals surface area contributed by atoms with Crippen molar-refractivity contribution < 1.29 is 19.0 Å². The Kier molecular flexibility index (Phi) is 6.24. The van der Waals surface area contributed by atoms with E-state index in [0.29, 0.717) is 36.2 Å². The topological polar surface area (TPSA) is 56.8 Å². The van der Waals surface area contributed by atoms with E-state index in [9.17, 15) is 4.79 Å². The van der Waals surface area contributed by atoms with Crippen LogP contribution in [0.1, 0.15) is 36.6 Å². The second-order valence-electron chi connectivity index (χ2n) is 6.73. The van der Waals surface area contributed by atoms with E-state index in [4.69, 9.17) is 25.8 Å². The van der Waals surface area contributed by atoms with Gasteiger partial charge in [-0.2, -0.15) is 0 Å². The van der Waals surface area contributed by atoms with Crippen molar-refractivity contribution in [3.63, 3.8) is 0 Å². The van der Waals surface area contributed by atoms with Crippen molar-refractivity contribution in [3.05, 3.63) is 58.1 Å². The van der Waals surface area contributed by atoms with Crippen molar-refractivity contribution in [3.8, 4) is 11.5 Å². The molecule has 1 amide bonds. The third kappa shape index (κ3) is 4.73. The summed E-state index contributed by atoms with van der Waals surface area (Å²) >= 11 is 6.01. The number of carbonyl (C=O) groups excluding carboxylic acids is 1. The van der Waals surface area contributed by atoms with Crippen molar-refractivity contribution in [1.29, 1.82) is 0 Å². The van der Waals surface area contributed by atoms with Crippen molar-refractivity contribution >= 4 is 17.5 Å². The Bertz CT molecular complexity index is 805. The van der Waals surface area contributed by atoms with Gasteiger partial charge in [0.2, 0.25) is 5.91 Å². The van der Waals surface area contributed by atoms with Gasteiger partial charge in [-0.25, -0.2) is 0 Å². The predicted molar refractivity (Wildman–Crippen MR) is 105 cm³/mol. The molecule has 1 unspecified atom stereocenters. The molecule has 27 heavy (non-hydrogen) atoms. The summed E-state index contributed by atoms with van der Waals surface area (Å²) in [4.78, 5) is 12.3. The molecule has 6 heteroatoms. The Hall–Kier alpha value is -2.24. The third-order valence-electron chi connectivity index (χ3n) is 4.28. The molecule has 1 atom stereocenters. The monoisotopic (exact) mass is 389 g/mol. The normalized spacial score (nSPS) is 16.0. The summed E-state index contributed by atoms with van der Waals surface area (Å²) in [5, 5.41) is 3.72. The largest absolute Gasteiger partial charge is 0.487 e. The molecule has 0 aliphatic carbocycles. The number of ether oxygens (including phenoxy) is 3. The number of methoxy groups -OCH3 is 1. The van der Waals surface area contributed by atoms with Crippen molar-refractivity contribution in [1.82, 2.24) is 5.32 Å². The van der Waals surface area contributed by atoms with Crippen LogP contribution >= 0.6 is 11.6 Å².